The molecule has 0 saturated carbocycles. The lowest BCUT2D eigenvalue weighted by Gasteiger charge is -2.37. The van der Waals surface area contributed by atoms with Crippen LogP contribution in [0.5, 0.6) is 0 Å². The Morgan fingerprint density at radius 2 is 1.85 bits per heavy atom. The van der Waals surface area contributed by atoms with Crippen molar-refractivity contribution < 1.29 is 23.9 Å². The number of ketones is 1. The van der Waals surface area contributed by atoms with Crippen molar-refractivity contribution >= 4 is 57.3 Å². The fraction of sp³-hybridized carbons (Fsp3) is 0.421. The summed E-state index contributed by atoms with van der Waals surface area (Å²) >= 11 is 1.56. The minimum atomic E-state index is -0.903. The van der Waals surface area contributed by atoms with Crippen LogP contribution >= 0.6 is 11.3 Å². The number of nitrogens with zero attached hydrogens (tertiary/aromatic N) is 3. The topological polar surface area (TPSA) is 101 Å². The van der Waals surface area contributed by atoms with Gasteiger partial charge in [-0.3, -0.25) is 14.4 Å². The van der Waals surface area contributed by atoms with Gasteiger partial charge in [-0.25, -0.2) is 4.79 Å². The Kier molecular flexibility index (Phi) is 9.47. The van der Waals surface area contributed by atoms with Gasteiger partial charge in [0.1, 0.15) is 5.60 Å². The number of ether oxygens (including phenoxy) is 1. The van der Waals surface area contributed by atoms with E-state index in [2.05, 4.69) is 36.0 Å². The molecule has 2 aromatic carbocycles. The van der Waals surface area contributed by atoms with Crippen LogP contribution in [0.2, 0.25) is 0 Å². The smallest absolute Gasteiger partial charge is 0.408 e. The summed E-state index contributed by atoms with van der Waals surface area (Å²) in [5.74, 6) is -0.967. The van der Waals surface area contributed by atoms with Crippen LogP contribution in [0.1, 0.15) is 76.6 Å². The minimum absolute atomic E-state index is 0.0471. The SMILES string of the molecule is CC(C)n1cc(C[C@@H](NC(=O)OC(C)(C)C)C(=O)CC2Cc3cccc(N4CCCC4=O)c3N(Cc3ccsc3)C2=O)c2ccccc21. The van der Waals surface area contributed by atoms with E-state index in [9.17, 15) is 19.2 Å². The van der Waals surface area contributed by atoms with Crippen LogP contribution in [-0.4, -0.2) is 46.4 Å². The van der Waals surface area contributed by atoms with Gasteiger partial charge in [-0.05, 0) is 93.1 Å². The third kappa shape index (κ3) is 7.04. The van der Waals surface area contributed by atoms with Crippen molar-refractivity contribution in [3.63, 3.8) is 0 Å². The molecule has 1 saturated heterocycles. The number of para-hydroxylation sites is 2. The summed E-state index contributed by atoms with van der Waals surface area (Å²) in [4.78, 5) is 58.1. The van der Waals surface area contributed by atoms with Gasteiger partial charge in [-0.15, -0.1) is 0 Å². The fourth-order valence-electron chi connectivity index (χ4n) is 6.91. The van der Waals surface area contributed by atoms with Crippen molar-refractivity contribution in [2.45, 2.75) is 91.0 Å². The number of fused-ring (bicyclic) bond motifs is 2. The standard InChI is InChI=1S/C38H44N4O5S/c1-24(2)41-22-28(29-11-6-7-12-31(29)41)19-30(39-37(46)47-38(3,4)5)33(43)20-27-18-26-10-8-13-32(40-16-9-14-34(40)44)35(26)42(36(27)45)21-25-15-17-48-23-25/h6-8,10-13,15,17,22-24,27,30H,9,14,16,18-21H2,1-5H3,(H,39,46)/t27?,30-/m1/s1. The second-order valence-electron chi connectivity index (χ2n) is 14.1. The summed E-state index contributed by atoms with van der Waals surface area (Å²) < 4.78 is 7.75. The van der Waals surface area contributed by atoms with Crippen LogP contribution in [0.25, 0.3) is 10.9 Å². The number of carbonyl (C=O) groups excluding carboxylic acids is 4. The number of anilines is 2. The minimum Gasteiger partial charge on any atom is -0.444 e. The number of aromatic nitrogens is 1. The predicted molar refractivity (Wildman–Crippen MR) is 190 cm³/mol. The number of carbonyl (C=O) groups is 4. The Labute approximate surface area is 285 Å². The van der Waals surface area contributed by atoms with E-state index < -0.39 is 23.7 Å². The number of rotatable bonds is 10. The Hall–Kier alpha value is -4.44. The number of nitrogens with one attached hydrogen (secondary N) is 1. The highest BCUT2D eigenvalue weighted by Crippen LogP contribution is 2.42. The first-order chi connectivity index (χ1) is 22.9. The Balaban J connectivity index is 1.32. The summed E-state index contributed by atoms with van der Waals surface area (Å²) in [6, 6.07) is 15.2. The molecule has 10 heteroatoms. The van der Waals surface area contributed by atoms with Gasteiger partial charge >= 0.3 is 6.09 Å². The Morgan fingerprint density at radius 1 is 1.06 bits per heavy atom. The number of amides is 3. The quantitative estimate of drug-likeness (QED) is 0.193. The van der Waals surface area contributed by atoms with E-state index >= 15 is 0 Å². The molecule has 252 valence electrons. The molecule has 0 radical (unpaired) electrons. The first kappa shape index (κ1) is 33.5. The molecule has 2 aliphatic rings. The molecule has 9 nitrogen and oxygen atoms in total. The first-order valence-corrected chi connectivity index (χ1v) is 17.7. The maximum absolute atomic E-state index is 14.4. The summed E-state index contributed by atoms with van der Waals surface area (Å²) in [7, 11) is 0. The van der Waals surface area contributed by atoms with E-state index in [-0.39, 0.29) is 36.5 Å². The molecular formula is C38H44N4O5S. The molecule has 1 fully saturated rings. The van der Waals surface area contributed by atoms with Crippen molar-refractivity contribution in [1.29, 1.82) is 0 Å². The second kappa shape index (κ2) is 13.6. The van der Waals surface area contributed by atoms with Gasteiger partial charge < -0.3 is 24.4 Å². The molecule has 4 aromatic rings. The third-order valence-electron chi connectivity index (χ3n) is 9.07. The maximum atomic E-state index is 14.4. The predicted octanol–water partition coefficient (Wildman–Crippen LogP) is 7.21. The molecule has 1 unspecified atom stereocenters. The molecule has 2 aliphatic heterocycles. The molecule has 0 spiro atoms. The number of Topliss-reactive ketones (excluding diaryl/α,β-unsaturated/α-hetero) is 1. The highest BCUT2D eigenvalue weighted by molar-refractivity contribution is 7.07. The molecule has 6 rings (SSSR count). The highest BCUT2D eigenvalue weighted by Gasteiger charge is 2.39. The van der Waals surface area contributed by atoms with Crippen LogP contribution < -0.4 is 15.1 Å². The molecule has 0 bridgehead atoms. The Bertz CT molecular complexity index is 1840. The van der Waals surface area contributed by atoms with Gasteiger partial charge in [-0.1, -0.05) is 30.3 Å². The highest BCUT2D eigenvalue weighted by atomic mass is 32.1. The lowest BCUT2D eigenvalue weighted by Crippen LogP contribution is -2.47. The lowest BCUT2D eigenvalue weighted by molar-refractivity contribution is -0.129. The number of thiophene rings is 1. The molecule has 48 heavy (non-hydrogen) atoms. The molecule has 4 heterocycles. The van der Waals surface area contributed by atoms with Gasteiger partial charge in [0.05, 0.1) is 24.0 Å². The number of hydrogen-bond acceptors (Lipinski definition) is 6. The van der Waals surface area contributed by atoms with E-state index in [4.69, 9.17) is 4.74 Å². The van der Waals surface area contributed by atoms with Crippen LogP contribution in [0.15, 0.2) is 65.5 Å². The van der Waals surface area contributed by atoms with Crippen LogP contribution in [0, 0.1) is 5.92 Å². The van der Waals surface area contributed by atoms with Gasteiger partial charge in [-0.2, -0.15) is 11.3 Å². The van der Waals surface area contributed by atoms with Crippen molar-refractivity contribution in [1.82, 2.24) is 9.88 Å². The second-order valence-corrected chi connectivity index (χ2v) is 14.9. The number of alkyl carbamates (subject to hydrolysis) is 1. The van der Waals surface area contributed by atoms with Crippen molar-refractivity contribution in [2.75, 3.05) is 16.3 Å². The first-order valence-electron chi connectivity index (χ1n) is 16.7. The molecule has 3 amide bonds. The number of hydrogen-bond donors (Lipinski definition) is 1. The van der Waals surface area contributed by atoms with Gasteiger partial charge in [0.15, 0.2) is 5.78 Å². The normalized spacial score (nSPS) is 17.2. The summed E-state index contributed by atoms with van der Waals surface area (Å²) in [5.41, 5.74) is 4.66. The molecule has 2 aromatic heterocycles. The largest absolute Gasteiger partial charge is 0.444 e. The molecule has 1 N–H and O–H groups in total. The number of benzene rings is 2. The average Bonchev–Trinajstić information content (AvgIpc) is 3.78. The summed E-state index contributed by atoms with van der Waals surface area (Å²) in [6.45, 7) is 10.5. The summed E-state index contributed by atoms with van der Waals surface area (Å²) in [6.07, 6.45) is 3.22. The molecular weight excluding hydrogens is 625 g/mol. The van der Waals surface area contributed by atoms with Crippen LogP contribution in [0.3, 0.4) is 0 Å². The fourth-order valence-corrected chi connectivity index (χ4v) is 7.57. The summed E-state index contributed by atoms with van der Waals surface area (Å²) in [5, 5.41) is 7.87. The van der Waals surface area contributed by atoms with Gasteiger partial charge in [0.25, 0.3) is 0 Å². The van der Waals surface area contributed by atoms with Crippen molar-refractivity contribution in [2.24, 2.45) is 5.92 Å². The van der Waals surface area contributed by atoms with E-state index in [1.54, 1.807) is 41.9 Å². The van der Waals surface area contributed by atoms with E-state index in [1.807, 2.05) is 53.2 Å². The van der Waals surface area contributed by atoms with Gasteiger partial charge in [0, 0.05) is 54.9 Å². The average molecular weight is 669 g/mol. The zero-order valence-corrected chi connectivity index (χ0v) is 29.1. The molecule has 0 aliphatic carbocycles. The van der Waals surface area contributed by atoms with Crippen LogP contribution in [-0.2, 0) is 38.5 Å². The lowest BCUT2D eigenvalue weighted by atomic mass is 9.85. The zero-order chi connectivity index (χ0) is 34.2. The van der Waals surface area contributed by atoms with Crippen molar-refractivity contribution in [3.8, 4) is 0 Å². The Morgan fingerprint density at radius 3 is 2.54 bits per heavy atom. The third-order valence-corrected chi connectivity index (χ3v) is 9.80. The zero-order valence-electron chi connectivity index (χ0n) is 28.3. The van der Waals surface area contributed by atoms with E-state index in [0.717, 1.165) is 45.4 Å². The maximum Gasteiger partial charge on any atom is 0.408 e. The van der Waals surface area contributed by atoms with Crippen LogP contribution in [0.4, 0.5) is 16.2 Å². The van der Waals surface area contributed by atoms with Gasteiger partial charge in [0.2, 0.25) is 11.8 Å². The monoisotopic (exact) mass is 668 g/mol. The molecule has 2 atom stereocenters. The van der Waals surface area contributed by atoms with Crippen molar-refractivity contribution in [3.05, 3.63) is 82.2 Å². The van der Waals surface area contributed by atoms with E-state index in [1.165, 1.54) is 0 Å². The van der Waals surface area contributed by atoms with E-state index in [0.29, 0.717) is 25.9 Å².